The van der Waals surface area contributed by atoms with Crippen molar-refractivity contribution in [2.75, 3.05) is 13.2 Å². The van der Waals surface area contributed by atoms with Crippen LogP contribution in [-0.2, 0) is 29.2 Å². The van der Waals surface area contributed by atoms with Crippen LogP contribution in [0.2, 0.25) is 0 Å². The van der Waals surface area contributed by atoms with Crippen LogP contribution < -0.4 is 0 Å². The number of hydrogen-bond acceptors (Lipinski definition) is 9. The van der Waals surface area contributed by atoms with E-state index in [2.05, 4.69) is 13.8 Å². The fourth-order valence-corrected chi connectivity index (χ4v) is 3.39. The Bertz CT molecular complexity index is 528. The van der Waals surface area contributed by atoms with Gasteiger partial charge in [-0.2, -0.15) is 8.42 Å². The Balaban J connectivity index is -0.000000607. The van der Waals surface area contributed by atoms with E-state index in [0.29, 0.717) is 12.8 Å². The van der Waals surface area contributed by atoms with Gasteiger partial charge in [0.15, 0.2) is 5.25 Å². The van der Waals surface area contributed by atoms with E-state index >= 15 is 0 Å². The van der Waals surface area contributed by atoms with Gasteiger partial charge in [-0.25, -0.2) is 0 Å². The predicted octanol–water partition coefficient (Wildman–Crippen LogP) is 3.53. The summed E-state index contributed by atoms with van der Waals surface area (Å²) in [4.78, 5) is 23.8. The first kappa shape index (κ1) is 41.5. The van der Waals surface area contributed by atoms with Gasteiger partial charge < -0.3 is 25.9 Å². The molecule has 0 radical (unpaired) electrons. The van der Waals surface area contributed by atoms with Gasteiger partial charge in [0.05, 0.1) is 19.6 Å². The molecule has 0 bridgehead atoms. The molecule has 4 N–H and O–H groups in total. The summed E-state index contributed by atoms with van der Waals surface area (Å²) in [6, 6.07) is 0. The van der Waals surface area contributed by atoms with Crippen molar-refractivity contribution in [3.63, 3.8) is 0 Å². The number of rotatable bonds is 18. The average Bonchev–Trinajstić information content (AvgIpc) is 2.63. The summed E-state index contributed by atoms with van der Waals surface area (Å²) in [5.41, 5.74) is 0. The molecule has 0 saturated carbocycles. The van der Waals surface area contributed by atoms with E-state index in [-0.39, 0.29) is 47.0 Å². The second-order valence-electron chi connectivity index (χ2n) is 7.13. The second kappa shape index (κ2) is 26.5. The molecular weight excluding hydrogens is 459 g/mol. The molecule has 0 heterocycles. The van der Waals surface area contributed by atoms with Gasteiger partial charge in [0.2, 0.25) is 0 Å². The Morgan fingerprint density at radius 1 is 0.719 bits per heavy atom. The minimum Gasteiger partial charge on any atom is -0.870 e. The van der Waals surface area contributed by atoms with Crippen molar-refractivity contribution < 1.29 is 48.5 Å². The van der Waals surface area contributed by atoms with Crippen LogP contribution in [0.1, 0.15) is 97.3 Å². The predicted molar refractivity (Wildman–Crippen MR) is 120 cm³/mol. The van der Waals surface area contributed by atoms with Gasteiger partial charge in [0.25, 0.3) is 10.1 Å². The molecule has 0 amide bonds. The number of carbonyl (C=O) groups is 2. The Hall–Kier alpha value is -0.738. The van der Waals surface area contributed by atoms with E-state index < -0.39 is 33.7 Å². The summed E-state index contributed by atoms with van der Waals surface area (Å²) in [5, 5.41) is -1.93. The van der Waals surface area contributed by atoms with Gasteiger partial charge in [-0.3, -0.25) is 14.1 Å². The maximum atomic E-state index is 12.0. The van der Waals surface area contributed by atoms with Gasteiger partial charge in [0, 0.05) is 0 Å². The van der Waals surface area contributed by atoms with E-state index in [1.54, 1.807) is 0 Å². The van der Waals surface area contributed by atoms with Crippen LogP contribution in [-0.4, -0.2) is 77.2 Å². The van der Waals surface area contributed by atoms with E-state index in [1.807, 2.05) is 0 Å². The van der Waals surface area contributed by atoms with Crippen molar-refractivity contribution in [1.29, 1.82) is 0 Å². The van der Waals surface area contributed by atoms with Gasteiger partial charge in [0.1, 0.15) is 0 Å². The topological polar surface area (TPSA) is 197 Å². The third-order valence-corrected chi connectivity index (χ3v) is 5.56. The van der Waals surface area contributed by atoms with Crippen LogP contribution in [0.25, 0.3) is 0 Å². The monoisotopic (exact) mass is 500 g/mol. The molecule has 32 heavy (non-hydrogen) atoms. The number of ether oxygens (including phenoxy) is 2. The molecular formula is C20H41AlO10S. The zero-order valence-electron chi connectivity index (χ0n) is 19.4. The van der Waals surface area contributed by atoms with Crippen LogP contribution in [0.4, 0.5) is 0 Å². The summed E-state index contributed by atoms with van der Waals surface area (Å²) in [6.45, 7) is 4.50. The third-order valence-electron chi connectivity index (χ3n) is 4.48. The van der Waals surface area contributed by atoms with E-state index in [9.17, 15) is 22.6 Å². The Labute approximate surface area is 203 Å². The SMILES string of the molecule is CCCCCCCCOC(=O)CC(C(=O)OCCCCCCCC)S(=O)(=O)O.[Al+3].[OH-].[OH-].[OH-]. The molecule has 0 spiro atoms. The van der Waals surface area contributed by atoms with E-state index in [4.69, 9.17) is 9.47 Å². The third kappa shape index (κ3) is 23.9. The molecule has 0 aliphatic heterocycles. The fraction of sp³-hybridized carbons (Fsp3) is 0.900. The van der Waals surface area contributed by atoms with Crippen molar-refractivity contribution in [2.24, 2.45) is 0 Å². The maximum absolute atomic E-state index is 12.0. The molecule has 0 aromatic rings. The Morgan fingerprint density at radius 3 is 1.50 bits per heavy atom. The second-order valence-corrected chi connectivity index (χ2v) is 8.73. The number of carbonyl (C=O) groups excluding carboxylic acids is 2. The van der Waals surface area contributed by atoms with Crippen LogP contribution in [0.15, 0.2) is 0 Å². The van der Waals surface area contributed by atoms with Crippen LogP contribution >= 0.6 is 0 Å². The molecule has 0 fully saturated rings. The van der Waals surface area contributed by atoms with Gasteiger partial charge in [-0.15, -0.1) is 0 Å². The van der Waals surface area contributed by atoms with E-state index in [1.165, 1.54) is 6.42 Å². The number of unbranched alkanes of at least 4 members (excludes halogenated alkanes) is 10. The smallest absolute Gasteiger partial charge is 0.870 e. The maximum Gasteiger partial charge on any atom is 3.00 e. The molecule has 10 nitrogen and oxygen atoms in total. The normalized spacial score (nSPS) is 11.0. The molecule has 190 valence electrons. The molecule has 0 rings (SSSR count). The first-order valence-corrected chi connectivity index (χ1v) is 12.1. The van der Waals surface area contributed by atoms with Crippen molar-refractivity contribution in [3.8, 4) is 0 Å². The van der Waals surface area contributed by atoms with Crippen molar-refractivity contribution in [3.05, 3.63) is 0 Å². The quantitative estimate of drug-likeness (QED) is 0.126. The number of hydrogen-bond donors (Lipinski definition) is 1. The Kier molecular flexibility index (Phi) is 34.4. The summed E-state index contributed by atoms with van der Waals surface area (Å²) >= 11 is 0. The zero-order valence-corrected chi connectivity index (χ0v) is 21.4. The van der Waals surface area contributed by atoms with Gasteiger partial charge in [-0.1, -0.05) is 78.1 Å². The molecule has 0 aliphatic rings. The first-order valence-electron chi connectivity index (χ1n) is 10.6. The molecule has 12 heteroatoms. The molecule has 0 aromatic heterocycles. The van der Waals surface area contributed by atoms with Crippen LogP contribution in [0.3, 0.4) is 0 Å². The molecule has 1 atom stereocenters. The van der Waals surface area contributed by atoms with Crippen LogP contribution in [0.5, 0.6) is 0 Å². The van der Waals surface area contributed by atoms with Gasteiger partial charge >= 0.3 is 29.3 Å². The van der Waals surface area contributed by atoms with Crippen molar-refractivity contribution in [1.82, 2.24) is 0 Å². The van der Waals surface area contributed by atoms with Crippen LogP contribution in [0, 0.1) is 0 Å². The summed E-state index contributed by atoms with van der Waals surface area (Å²) in [5.74, 6) is -1.93. The van der Waals surface area contributed by atoms with E-state index in [0.717, 1.165) is 57.8 Å². The Morgan fingerprint density at radius 2 is 1.09 bits per heavy atom. The summed E-state index contributed by atoms with van der Waals surface area (Å²) < 4.78 is 42.0. The van der Waals surface area contributed by atoms with Crippen molar-refractivity contribution >= 4 is 39.4 Å². The molecule has 0 aromatic carbocycles. The standard InChI is InChI=1S/C20H38O7S.Al.3H2O/c1-3-5-7-9-11-13-15-26-19(21)17-18(28(23,24)25)20(22)27-16-14-12-10-8-6-4-2;;;;/h18H,3-17H2,1-2H3,(H,23,24,25);;3*1H2/q;+3;;;/p-3. The van der Waals surface area contributed by atoms with Crippen molar-refractivity contribution in [2.45, 2.75) is 103 Å². The minimum atomic E-state index is -4.73. The largest absolute Gasteiger partial charge is 3.00 e. The first-order chi connectivity index (χ1) is 13.3. The summed E-state index contributed by atoms with van der Waals surface area (Å²) in [7, 11) is -4.73. The minimum absolute atomic E-state index is 0. The average molecular weight is 501 g/mol. The number of esters is 2. The fourth-order valence-electron chi connectivity index (χ4n) is 2.74. The molecule has 0 aliphatic carbocycles. The zero-order chi connectivity index (χ0) is 21.3. The summed E-state index contributed by atoms with van der Waals surface area (Å²) in [6.07, 6.45) is 11.3. The molecule has 0 saturated heterocycles. The van der Waals surface area contributed by atoms with Gasteiger partial charge in [-0.05, 0) is 12.8 Å². The molecule has 1 unspecified atom stereocenters.